The van der Waals surface area contributed by atoms with Gasteiger partial charge in [-0.3, -0.25) is 4.79 Å². The SMILES string of the molecule is Cc1ccc(S(=O)(=O)N2CC(=O)c3sccc3C2)cc1. The molecular weight excluding hydrogens is 294 g/mol. The van der Waals surface area contributed by atoms with E-state index < -0.39 is 10.0 Å². The van der Waals surface area contributed by atoms with Crippen molar-refractivity contribution in [2.75, 3.05) is 6.54 Å². The average Bonchev–Trinajstić information content (AvgIpc) is 2.88. The van der Waals surface area contributed by atoms with Gasteiger partial charge in [-0.1, -0.05) is 17.7 Å². The first-order valence-corrected chi connectivity index (χ1v) is 8.47. The molecule has 0 atom stereocenters. The molecule has 0 saturated heterocycles. The van der Waals surface area contributed by atoms with E-state index in [1.807, 2.05) is 18.4 Å². The molecule has 0 spiro atoms. The monoisotopic (exact) mass is 307 g/mol. The van der Waals surface area contributed by atoms with Crippen molar-refractivity contribution in [3.05, 3.63) is 51.7 Å². The number of hydrogen-bond donors (Lipinski definition) is 0. The maximum atomic E-state index is 12.6. The molecule has 2 heterocycles. The molecule has 20 heavy (non-hydrogen) atoms. The number of hydrogen-bond acceptors (Lipinski definition) is 4. The molecule has 6 heteroatoms. The van der Waals surface area contributed by atoms with Crippen molar-refractivity contribution in [2.24, 2.45) is 0 Å². The summed E-state index contributed by atoms with van der Waals surface area (Å²) < 4.78 is 26.4. The van der Waals surface area contributed by atoms with Crippen LogP contribution in [0.1, 0.15) is 20.8 Å². The van der Waals surface area contributed by atoms with Gasteiger partial charge in [0.05, 0.1) is 16.3 Å². The highest BCUT2D eigenvalue weighted by Crippen LogP contribution is 2.28. The van der Waals surface area contributed by atoms with Gasteiger partial charge in [0, 0.05) is 6.54 Å². The van der Waals surface area contributed by atoms with Crippen LogP contribution >= 0.6 is 11.3 Å². The molecule has 2 aromatic rings. The summed E-state index contributed by atoms with van der Waals surface area (Å²) >= 11 is 1.37. The fourth-order valence-electron chi connectivity index (χ4n) is 2.21. The second kappa shape index (κ2) is 4.80. The van der Waals surface area contributed by atoms with E-state index >= 15 is 0 Å². The van der Waals surface area contributed by atoms with E-state index in [4.69, 9.17) is 0 Å². The molecule has 0 bridgehead atoms. The second-order valence-corrected chi connectivity index (χ2v) is 7.64. The van der Waals surface area contributed by atoms with Gasteiger partial charge in [0.25, 0.3) is 0 Å². The number of ketones is 1. The summed E-state index contributed by atoms with van der Waals surface area (Å²) in [6.45, 7) is 2.09. The minimum absolute atomic E-state index is 0.0796. The highest BCUT2D eigenvalue weighted by atomic mass is 32.2. The smallest absolute Gasteiger partial charge is 0.243 e. The molecule has 1 aromatic heterocycles. The van der Waals surface area contributed by atoms with Crippen LogP contribution in [-0.4, -0.2) is 25.1 Å². The first kappa shape index (κ1) is 13.5. The molecule has 0 amide bonds. The van der Waals surface area contributed by atoms with Crippen LogP contribution in [0.3, 0.4) is 0 Å². The van der Waals surface area contributed by atoms with Crippen LogP contribution in [0.2, 0.25) is 0 Å². The van der Waals surface area contributed by atoms with Gasteiger partial charge in [0.1, 0.15) is 0 Å². The topological polar surface area (TPSA) is 54.5 Å². The first-order chi connectivity index (χ1) is 9.48. The Morgan fingerprint density at radius 3 is 2.50 bits per heavy atom. The van der Waals surface area contributed by atoms with Crippen LogP contribution < -0.4 is 0 Å². The minimum Gasteiger partial charge on any atom is -0.292 e. The third kappa shape index (κ3) is 2.19. The van der Waals surface area contributed by atoms with Gasteiger partial charge in [-0.15, -0.1) is 11.3 Å². The lowest BCUT2D eigenvalue weighted by Gasteiger charge is -2.25. The van der Waals surface area contributed by atoms with Crippen molar-refractivity contribution in [3.63, 3.8) is 0 Å². The molecule has 1 aliphatic rings. The van der Waals surface area contributed by atoms with Crippen molar-refractivity contribution >= 4 is 27.1 Å². The van der Waals surface area contributed by atoms with Crippen molar-refractivity contribution in [1.82, 2.24) is 4.31 Å². The molecule has 0 aliphatic carbocycles. The molecular formula is C14H13NO3S2. The molecule has 1 aromatic carbocycles. The lowest BCUT2D eigenvalue weighted by Crippen LogP contribution is -2.38. The highest BCUT2D eigenvalue weighted by molar-refractivity contribution is 7.89. The summed E-state index contributed by atoms with van der Waals surface area (Å²) in [6, 6.07) is 8.49. The number of thiophene rings is 1. The molecule has 104 valence electrons. The summed E-state index contributed by atoms with van der Waals surface area (Å²) in [4.78, 5) is 12.9. The van der Waals surface area contributed by atoms with Crippen molar-refractivity contribution in [2.45, 2.75) is 18.4 Å². The van der Waals surface area contributed by atoms with Gasteiger partial charge in [0.15, 0.2) is 5.78 Å². The quantitative estimate of drug-likeness (QED) is 0.856. The number of sulfonamides is 1. The van der Waals surface area contributed by atoms with Gasteiger partial charge in [-0.2, -0.15) is 4.31 Å². The fraction of sp³-hybridized carbons (Fsp3) is 0.214. The summed E-state index contributed by atoms with van der Waals surface area (Å²) in [7, 11) is -3.62. The van der Waals surface area contributed by atoms with Gasteiger partial charge in [0.2, 0.25) is 10.0 Å². The molecule has 1 aliphatic heterocycles. The number of aryl methyl sites for hydroxylation is 1. The van der Waals surface area contributed by atoms with E-state index in [2.05, 4.69) is 0 Å². The predicted octanol–water partition coefficient (Wildman–Crippen LogP) is 2.44. The molecule has 0 fully saturated rings. The molecule has 0 saturated carbocycles. The number of Topliss-reactive ketones (excluding diaryl/α,β-unsaturated/α-hetero) is 1. The molecule has 0 radical (unpaired) electrons. The largest absolute Gasteiger partial charge is 0.292 e. The summed E-state index contributed by atoms with van der Waals surface area (Å²) in [6.07, 6.45) is 0. The predicted molar refractivity (Wildman–Crippen MR) is 77.4 cm³/mol. The third-order valence-electron chi connectivity index (χ3n) is 3.33. The van der Waals surface area contributed by atoms with E-state index in [-0.39, 0.29) is 23.8 Å². The molecule has 3 rings (SSSR count). The highest BCUT2D eigenvalue weighted by Gasteiger charge is 2.32. The Morgan fingerprint density at radius 1 is 1.10 bits per heavy atom. The van der Waals surface area contributed by atoms with Crippen LogP contribution in [0, 0.1) is 6.92 Å². The van der Waals surface area contributed by atoms with Crippen LogP contribution in [0.15, 0.2) is 40.6 Å². The van der Waals surface area contributed by atoms with E-state index in [1.54, 1.807) is 24.3 Å². The number of fused-ring (bicyclic) bond motifs is 1. The molecule has 0 N–H and O–H groups in total. The molecule has 0 unspecified atom stereocenters. The summed E-state index contributed by atoms with van der Waals surface area (Å²) in [5.41, 5.74) is 1.79. The first-order valence-electron chi connectivity index (χ1n) is 6.15. The van der Waals surface area contributed by atoms with Gasteiger partial charge in [-0.25, -0.2) is 8.42 Å². The Balaban J connectivity index is 1.97. The van der Waals surface area contributed by atoms with Crippen molar-refractivity contribution in [1.29, 1.82) is 0 Å². The Bertz CT molecular complexity index is 760. The van der Waals surface area contributed by atoms with Gasteiger partial charge < -0.3 is 0 Å². The maximum Gasteiger partial charge on any atom is 0.243 e. The standard InChI is InChI=1S/C14H13NO3S2/c1-10-2-4-12(5-3-10)20(17,18)15-8-11-6-7-19-14(11)13(16)9-15/h2-7H,8-9H2,1H3. The molecule has 4 nitrogen and oxygen atoms in total. The zero-order valence-corrected chi connectivity index (χ0v) is 12.5. The maximum absolute atomic E-state index is 12.6. The number of nitrogens with zero attached hydrogens (tertiary/aromatic N) is 1. The Hall–Kier alpha value is -1.50. The summed E-state index contributed by atoms with van der Waals surface area (Å²) in [5, 5.41) is 1.82. The fourth-order valence-corrected chi connectivity index (χ4v) is 4.43. The number of carbonyl (C=O) groups is 1. The number of rotatable bonds is 2. The van der Waals surface area contributed by atoms with Crippen molar-refractivity contribution < 1.29 is 13.2 Å². The number of carbonyl (C=O) groups excluding carboxylic acids is 1. The zero-order valence-electron chi connectivity index (χ0n) is 10.9. The normalized spacial score (nSPS) is 16.1. The van der Waals surface area contributed by atoms with E-state index in [9.17, 15) is 13.2 Å². The van der Waals surface area contributed by atoms with E-state index in [0.29, 0.717) is 4.88 Å². The number of benzene rings is 1. The lowest BCUT2D eigenvalue weighted by atomic mass is 10.1. The van der Waals surface area contributed by atoms with Crippen LogP contribution in [0.5, 0.6) is 0 Å². The Morgan fingerprint density at radius 2 is 1.80 bits per heavy atom. The zero-order chi connectivity index (χ0) is 14.3. The van der Waals surface area contributed by atoms with Crippen molar-refractivity contribution in [3.8, 4) is 0 Å². The third-order valence-corrected chi connectivity index (χ3v) is 6.13. The van der Waals surface area contributed by atoms with Gasteiger partial charge in [-0.05, 0) is 36.1 Å². The minimum atomic E-state index is -3.62. The van der Waals surface area contributed by atoms with Gasteiger partial charge >= 0.3 is 0 Å². The van der Waals surface area contributed by atoms with Crippen LogP contribution in [0.25, 0.3) is 0 Å². The van der Waals surface area contributed by atoms with E-state index in [1.165, 1.54) is 15.6 Å². The van der Waals surface area contributed by atoms with E-state index in [0.717, 1.165) is 11.1 Å². The van der Waals surface area contributed by atoms with Crippen LogP contribution in [0.4, 0.5) is 0 Å². The van der Waals surface area contributed by atoms with Crippen LogP contribution in [-0.2, 0) is 16.6 Å². The second-order valence-electron chi connectivity index (χ2n) is 4.78. The Kier molecular flexibility index (Phi) is 3.24. The average molecular weight is 307 g/mol. The summed E-state index contributed by atoms with van der Waals surface area (Å²) in [5.74, 6) is -0.128. The Labute approximate surface area is 121 Å². The lowest BCUT2D eigenvalue weighted by molar-refractivity contribution is 0.0954.